The standard InChI is InChI=1S/C24H26N2O2/c1-17-9-12-19(13-10-17)16-25-23(20-7-5-4-6-8-20)24(27)26-21-15-18(2)11-14-22(21)28-3/h4-15,23,25H,16H2,1-3H3,(H,26,27)/t23-/m1/s1. The van der Waals surface area contributed by atoms with Crippen LogP contribution in [0.15, 0.2) is 72.8 Å². The molecule has 28 heavy (non-hydrogen) atoms. The molecular formula is C24H26N2O2. The maximum Gasteiger partial charge on any atom is 0.246 e. The molecule has 0 fully saturated rings. The normalized spacial score (nSPS) is 11.7. The van der Waals surface area contributed by atoms with Crippen molar-refractivity contribution in [2.45, 2.75) is 26.4 Å². The zero-order chi connectivity index (χ0) is 19.9. The van der Waals surface area contributed by atoms with Crippen LogP contribution in [0.1, 0.15) is 28.3 Å². The predicted molar refractivity (Wildman–Crippen MR) is 114 cm³/mol. The molecular weight excluding hydrogens is 348 g/mol. The molecule has 0 spiro atoms. The maximum absolute atomic E-state index is 13.1. The van der Waals surface area contributed by atoms with Crippen LogP contribution in [0.3, 0.4) is 0 Å². The lowest BCUT2D eigenvalue weighted by molar-refractivity contribution is -0.118. The third-order valence-electron chi connectivity index (χ3n) is 4.64. The number of benzene rings is 3. The smallest absolute Gasteiger partial charge is 0.246 e. The largest absolute Gasteiger partial charge is 0.495 e. The molecule has 0 unspecified atom stereocenters. The Bertz CT molecular complexity index is 921. The third kappa shape index (κ3) is 4.99. The molecule has 3 aromatic carbocycles. The number of methoxy groups -OCH3 is 1. The van der Waals surface area contributed by atoms with Crippen molar-refractivity contribution in [3.05, 3.63) is 95.1 Å². The fourth-order valence-corrected chi connectivity index (χ4v) is 3.06. The number of rotatable bonds is 7. The van der Waals surface area contributed by atoms with Gasteiger partial charge in [-0.15, -0.1) is 0 Å². The van der Waals surface area contributed by atoms with E-state index >= 15 is 0 Å². The van der Waals surface area contributed by atoms with Crippen LogP contribution in [0.25, 0.3) is 0 Å². The lowest BCUT2D eigenvalue weighted by atomic mass is 10.0. The molecule has 4 nitrogen and oxygen atoms in total. The van der Waals surface area contributed by atoms with Gasteiger partial charge in [0.15, 0.2) is 0 Å². The summed E-state index contributed by atoms with van der Waals surface area (Å²) in [6.07, 6.45) is 0. The molecule has 1 amide bonds. The zero-order valence-electron chi connectivity index (χ0n) is 16.5. The van der Waals surface area contributed by atoms with Gasteiger partial charge in [-0.1, -0.05) is 66.2 Å². The molecule has 1 atom stereocenters. The van der Waals surface area contributed by atoms with E-state index in [1.54, 1.807) is 7.11 Å². The van der Waals surface area contributed by atoms with E-state index in [2.05, 4.69) is 41.8 Å². The number of aryl methyl sites for hydroxylation is 2. The van der Waals surface area contributed by atoms with Gasteiger partial charge in [0, 0.05) is 6.54 Å². The summed E-state index contributed by atoms with van der Waals surface area (Å²) < 4.78 is 5.39. The Hall–Kier alpha value is -3.11. The Kier molecular flexibility index (Phi) is 6.45. The number of hydrogen-bond acceptors (Lipinski definition) is 3. The van der Waals surface area contributed by atoms with Crippen molar-refractivity contribution >= 4 is 11.6 Å². The molecule has 0 saturated carbocycles. The predicted octanol–water partition coefficient (Wildman–Crippen LogP) is 4.78. The van der Waals surface area contributed by atoms with Crippen molar-refractivity contribution in [2.75, 3.05) is 12.4 Å². The van der Waals surface area contributed by atoms with Gasteiger partial charge >= 0.3 is 0 Å². The summed E-state index contributed by atoms with van der Waals surface area (Å²) in [6, 6.07) is 23.3. The summed E-state index contributed by atoms with van der Waals surface area (Å²) in [4.78, 5) is 13.1. The van der Waals surface area contributed by atoms with Gasteiger partial charge in [0.2, 0.25) is 5.91 Å². The average molecular weight is 374 g/mol. The van der Waals surface area contributed by atoms with Gasteiger partial charge < -0.3 is 10.1 Å². The minimum absolute atomic E-state index is 0.123. The average Bonchev–Trinajstić information content (AvgIpc) is 2.70. The number of amides is 1. The van der Waals surface area contributed by atoms with Gasteiger partial charge in [-0.05, 0) is 42.7 Å². The van der Waals surface area contributed by atoms with Crippen molar-refractivity contribution < 1.29 is 9.53 Å². The highest BCUT2D eigenvalue weighted by molar-refractivity contribution is 5.96. The van der Waals surface area contributed by atoms with Gasteiger partial charge in [0.05, 0.1) is 12.8 Å². The van der Waals surface area contributed by atoms with E-state index in [1.807, 2.05) is 55.5 Å². The molecule has 0 aliphatic heterocycles. The Balaban J connectivity index is 1.81. The van der Waals surface area contributed by atoms with E-state index in [1.165, 1.54) is 5.56 Å². The molecule has 4 heteroatoms. The van der Waals surface area contributed by atoms with E-state index in [0.717, 1.165) is 16.7 Å². The van der Waals surface area contributed by atoms with E-state index in [4.69, 9.17) is 4.74 Å². The number of carbonyl (C=O) groups excluding carboxylic acids is 1. The summed E-state index contributed by atoms with van der Waals surface area (Å²) in [5.41, 5.74) is 4.99. The summed E-state index contributed by atoms with van der Waals surface area (Å²) >= 11 is 0. The van der Waals surface area contributed by atoms with Gasteiger partial charge in [-0.2, -0.15) is 0 Å². The van der Waals surface area contributed by atoms with Crippen LogP contribution in [0.5, 0.6) is 5.75 Å². The van der Waals surface area contributed by atoms with Crippen molar-refractivity contribution in [3.8, 4) is 5.75 Å². The summed E-state index contributed by atoms with van der Waals surface area (Å²) in [5.74, 6) is 0.520. The minimum atomic E-state index is -0.479. The quantitative estimate of drug-likeness (QED) is 0.626. The fourth-order valence-electron chi connectivity index (χ4n) is 3.06. The number of carbonyl (C=O) groups is 1. The van der Waals surface area contributed by atoms with Crippen LogP contribution in [0.2, 0.25) is 0 Å². The molecule has 3 rings (SSSR count). The minimum Gasteiger partial charge on any atom is -0.495 e. The van der Waals surface area contributed by atoms with Crippen LogP contribution in [-0.4, -0.2) is 13.0 Å². The molecule has 2 N–H and O–H groups in total. The van der Waals surface area contributed by atoms with Gasteiger partial charge in [-0.25, -0.2) is 0 Å². The number of anilines is 1. The molecule has 0 aromatic heterocycles. The van der Waals surface area contributed by atoms with Crippen LogP contribution in [-0.2, 0) is 11.3 Å². The SMILES string of the molecule is COc1ccc(C)cc1NC(=O)[C@H](NCc1ccc(C)cc1)c1ccccc1. The lowest BCUT2D eigenvalue weighted by Gasteiger charge is -2.20. The first-order valence-corrected chi connectivity index (χ1v) is 9.36. The Morgan fingerprint density at radius 2 is 1.61 bits per heavy atom. The van der Waals surface area contributed by atoms with Crippen LogP contribution in [0, 0.1) is 13.8 Å². The first-order valence-electron chi connectivity index (χ1n) is 9.36. The first-order chi connectivity index (χ1) is 13.6. The first kappa shape index (κ1) is 19.6. The zero-order valence-corrected chi connectivity index (χ0v) is 16.5. The Morgan fingerprint density at radius 1 is 0.929 bits per heavy atom. The van der Waals surface area contributed by atoms with Crippen molar-refractivity contribution in [1.82, 2.24) is 5.32 Å². The Labute approximate surface area is 166 Å². The van der Waals surface area contributed by atoms with E-state index < -0.39 is 6.04 Å². The van der Waals surface area contributed by atoms with Gasteiger partial charge in [0.1, 0.15) is 11.8 Å². The number of nitrogens with one attached hydrogen (secondary N) is 2. The highest BCUT2D eigenvalue weighted by atomic mass is 16.5. The lowest BCUT2D eigenvalue weighted by Crippen LogP contribution is -2.32. The summed E-state index contributed by atoms with van der Waals surface area (Å²) in [7, 11) is 1.60. The van der Waals surface area contributed by atoms with E-state index in [0.29, 0.717) is 18.0 Å². The second-order valence-electron chi connectivity index (χ2n) is 6.90. The molecule has 144 valence electrons. The molecule has 0 bridgehead atoms. The second kappa shape index (κ2) is 9.20. The van der Waals surface area contributed by atoms with Gasteiger partial charge in [0.25, 0.3) is 0 Å². The van der Waals surface area contributed by atoms with E-state index in [-0.39, 0.29) is 5.91 Å². The van der Waals surface area contributed by atoms with Crippen LogP contribution < -0.4 is 15.4 Å². The number of ether oxygens (including phenoxy) is 1. The van der Waals surface area contributed by atoms with E-state index in [9.17, 15) is 4.79 Å². The van der Waals surface area contributed by atoms with Gasteiger partial charge in [-0.3, -0.25) is 10.1 Å². The van der Waals surface area contributed by atoms with Crippen molar-refractivity contribution in [3.63, 3.8) is 0 Å². The summed E-state index contributed by atoms with van der Waals surface area (Å²) in [6.45, 7) is 4.64. The highest BCUT2D eigenvalue weighted by Crippen LogP contribution is 2.26. The fraction of sp³-hybridized carbons (Fsp3) is 0.208. The van der Waals surface area contributed by atoms with Crippen LogP contribution in [0.4, 0.5) is 5.69 Å². The maximum atomic E-state index is 13.1. The van der Waals surface area contributed by atoms with Crippen molar-refractivity contribution in [1.29, 1.82) is 0 Å². The Morgan fingerprint density at radius 3 is 2.29 bits per heavy atom. The molecule has 0 radical (unpaired) electrons. The topological polar surface area (TPSA) is 50.4 Å². The number of hydrogen-bond donors (Lipinski definition) is 2. The third-order valence-corrected chi connectivity index (χ3v) is 4.64. The molecule has 0 aliphatic rings. The molecule has 0 saturated heterocycles. The molecule has 3 aromatic rings. The van der Waals surface area contributed by atoms with Crippen LogP contribution >= 0.6 is 0 Å². The summed E-state index contributed by atoms with van der Waals surface area (Å²) in [5, 5.41) is 6.41. The monoisotopic (exact) mass is 374 g/mol. The highest BCUT2D eigenvalue weighted by Gasteiger charge is 2.21. The second-order valence-corrected chi connectivity index (χ2v) is 6.90. The molecule has 0 aliphatic carbocycles. The molecule has 0 heterocycles. The van der Waals surface area contributed by atoms with Crippen molar-refractivity contribution in [2.24, 2.45) is 0 Å².